The van der Waals surface area contributed by atoms with Crippen LogP contribution in [0.1, 0.15) is 11.3 Å². The molecule has 4 heteroatoms. The number of likely N-dealkylation sites (N-methyl/N-ethyl adjacent to an activating group) is 1. The van der Waals surface area contributed by atoms with E-state index in [1.807, 2.05) is 0 Å². The molecular weight excluding hydrogens is 188 g/mol. The van der Waals surface area contributed by atoms with Gasteiger partial charge in [0.1, 0.15) is 5.52 Å². The lowest BCUT2D eigenvalue weighted by molar-refractivity contribution is 0.303. The fourth-order valence-corrected chi connectivity index (χ4v) is 2.31. The first-order chi connectivity index (χ1) is 7.25. The van der Waals surface area contributed by atoms with E-state index in [1.165, 1.54) is 11.3 Å². The van der Waals surface area contributed by atoms with Crippen LogP contribution in [0.3, 0.4) is 0 Å². The van der Waals surface area contributed by atoms with Crippen LogP contribution in [0, 0.1) is 0 Å². The van der Waals surface area contributed by atoms with Crippen LogP contribution in [-0.2, 0) is 12.8 Å². The van der Waals surface area contributed by atoms with E-state index in [9.17, 15) is 0 Å². The third-order valence-corrected chi connectivity index (χ3v) is 3.23. The van der Waals surface area contributed by atoms with Crippen molar-refractivity contribution in [2.75, 3.05) is 14.1 Å². The van der Waals surface area contributed by atoms with Gasteiger partial charge in [-0.2, -0.15) is 0 Å². The lowest BCUT2D eigenvalue weighted by Gasteiger charge is -2.17. The van der Waals surface area contributed by atoms with Gasteiger partial charge in [-0.05, 0) is 20.5 Å². The molecule has 0 spiro atoms. The molecule has 0 bridgehead atoms. The van der Waals surface area contributed by atoms with Crippen LogP contribution in [0.2, 0.25) is 0 Å². The van der Waals surface area contributed by atoms with Crippen molar-refractivity contribution in [3.8, 4) is 0 Å². The molecule has 0 aliphatic heterocycles. The Morgan fingerprint density at radius 2 is 2.07 bits per heavy atom. The third kappa shape index (κ3) is 1.25. The molecule has 1 N–H and O–H groups in total. The molecule has 3 rings (SSSR count). The van der Waals surface area contributed by atoms with Crippen LogP contribution in [0.5, 0.6) is 0 Å². The summed E-state index contributed by atoms with van der Waals surface area (Å²) in [5.41, 5.74) is 4.66. The topological polar surface area (TPSA) is 44.8 Å². The summed E-state index contributed by atoms with van der Waals surface area (Å²) in [5.74, 6) is 0. The summed E-state index contributed by atoms with van der Waals surface area (Å²) in [5, 5.41) is 0. The largest absolute Gasteiger partial charge is 0.342 e. The molecule has 78 valence electrons. The quantitative estimate of drug-likeness (QED) is 0.750. The number of aromatic nitrogens is 3. The summed E-state index contributed by atoms with van der Waals surface area (Å²) in [4.78, 5) is 14.3. The molecule has 1 atom stereocenters. The average Bonchev–Trinajstić information content (AvgIpc) is 2.73. The van der Waals surface area contributed by atoms with Gasteiger partial charge >= 0.3 is 0 Å². The molecule has 0 aromatic carbocycles. The van der Waals surface area contributed by atoms with E-state index in [0.29, 0.717) is 6.04 Å². The number of nitrogens with zero attached hydrogens (tertiary/aromatic N) is 3. The van der Waals surface area contributed by atoms with Crippen molar-refractivity contribution in [2.45, 2.75) is 18.9 Å². The van der Waals surface area contributed by atoms with Gasteiger partial charge in [-0.15, -0.1) is 0 Å². The lowest BCUT2D eigenvalue weighted by atomic mass is 10.2. The Balaban J connectivity index is 2.08. The molecule has 2 aromatic rings. The van der Waals surface area contributed by atoms with Gasteiger partial charge in [-0.3, -0.25) is 4.98 Å². The van der Waals surface area contributed by atoms with Crippen molar-refractivity contribution < 1.29 is 0 Å². The van der Waals surface area contributed by atoms with Crippen LogP contribution in [0.25, 0.3) is 11.2 Å². The van der Waals surface area contributed by atoms with Gasteiger partial charge in [-0.1, -0.05) is 0 Å². The molecule has 0 saturated carbocycles. The van der Waals surface area contributed by atoms with Crippen molar-refractivity contribution in [1.29, 1.82) is 0 Å². The Bertz CT molecular complexity index is 500. The number of H-pyrrole nitrogens is 1. The first-order valence-electron chi connectivity index (χ1n) is 5.22. The Hall–Kier alpha value is -1.42. The van der Waals surface area contributed by atoms with E-state index in [0.717, 1.165) is 24.0 Å². The highest BCUT2D eigenvalue weighted by Crippen LogP contribution is 2.29. The van der Waals surface area contributed by atoms with Crippen molar-refractivity contribution in [2.24, 2.45) is 0 Å². The minimum atomic E-state index is 0.609. The second-order valence-corrected chi connectivity index (χ2v) is 4.36. The number of hydrogen-bond donors (Lipinski definition) is 1. The predicted molar refractivity (Wildman–Crippen MR) is 58.8 cm³/mol. The Morgan fingerprint density at radius 1 is 1.27 bits per heavy atom. The maximum Gasteiger partial charge on any atom is 0.156 e. The van der Waals surface area contributed by atoms with Crippen LogP contribution < -0.4 is 0 Å². The molecule has 0 amide bonds. The normalized spacial score (nSPS) is 20.1. The summed E-state index contributed by atoms with van der Waals surface area (Å²) in [6, 6.07) is 0.609. The van der Waals surface area contributed by atoms with Gasteiger partial charge in [0.25, 0.3) is 0 Å². The standard InChI is InChI=1S/C11H14N4/c1-15(2)7-5-8-9(6-7)14-11-10(8)12-3-4-13-11/h3-4,7H,5-6H2,1-2H3,(H,13,14). The lowest BCUT2D eigenvalue weighted by Crippen LogP contribution is -2.28. The van der Waals surface area contributed by atoms with Crippen LogP contribution in [0.4, 0.5) is 0 Å². The molecule has 4 nitrogen and oxygen atoms in total. The first-order valence-corrected chi connectivity index (χ1v) is 5.22. The van der Waals surface area contributed by atoms with E-state index in [4.69, 9.17) is 0 Å². The fraction of sp³-hybridized carbons (Fsp3) is 0.455. The summed E-state index contributed by atoms with van der Waals surface area (Å²) < 4.78 is 0. The van der Waals surface area contributed by atoms with Crippen molar-refractivity contribution in [3.63, 3.8) is 0 Å². The van der Waals surface area contributed by atoms with Gasteiger partial charge in [0.05, 0.1) is 0 Å². The maximum atomic E-state index is 4.39. The molecule has 0 saturated heterocycles. The van der Waals surface area contributed by atoms with Crippen molar-refractivity contribution in [1.82, 2.24) is 19.9 Å². The predicted octanol–water partition coefficient (Wildman–Crippen LogP) is 0.987. The number of hydrogen-bond acceptors (Lipinski definition) is 3. The Labute approximate surface area is 88.3 Å². The van der Waals surface area contributed by atoms with Crippen LogP contribution >= 0.6 is 0 Å². The number of fused-ring (bicyclic) bond motifs is 3. The molecule has 2 aromatic heterocycles. The van der Waals surface area contributed by atoms with E-state index in [2.05, 4.69) is 33.9 Å². The van der Waals surface area contributed by atoms with Gasteiger partial charge < -0.3 is 9.88 Å². The highest BCUT2D eigenvalue weighted by atomic mass is 15.1. The molecule has 1 aliphatic rings. The fourth-order valence-electron chi connectivity index (χ4n) is 2.31. The monoisotopic (exact) mass is 202 g/mol. The van der Waals surface area contributed by atoms with Crippen molar-refractivity contribution in [3.05, 3.63) is 23.7 Å². The zero-order chi connectivity index (χ0) is 10.4. The van der Waals surface area contributed by atoms with E-state index < -0.39 is 0 Å². The minimum Gasteiger partial charge on any atom is -0.342 e. The maximum absolute atomic E-state index is 4.39. The molecule has 0 radical (unpaired) electrons. The van der Waals surface area contributed by atoms with E-state index in [-0.39, 0.29) is 0 Å². The second-order valence-electron chi connectivity index (χ2n) is 4.36. The SMILES string of the molecule is CN(C)C1Cc2[nH]c3nccnc3c2C1. The molecule has 2 heterocycles. The average molecular weight is 202 g/mol. The van der Waals surface area contributed by atoms with Crippen LogP contribution in [0.15, 0.2) is 12.4 Å². The first kappa shape index (κ1) is 8.85. The number of aromatic amines is 1. The Morgan fingerprint density at radius 3 is 2.87 bits per heavy atom. The molecule has 0 fully saturated rings. The summed E-state index contributed by atoms with van der Waals surface area (Å²) >= 11 is 0. The van der Waals surface area contributed by atoms with Gasteiger partial charge in [0, 0.05) is 36.1 Å². The van der Waals surface area contributed by atoms with E-state index in [1.54, 1.807) is 12.4 Å². The van der Waals surface area contributed by atoms with Gasteiger partial charge in [-0.25, -0.2) is 4.98 Å². The zero-order valence-corrected chi connectivity index (χ0v) is 8.99. The van der Waals surface area contributed by atoms with Crippen molar-refractivity contribution >= 4 is 11.2 Å². The molecule has 1 unspecified atom stereocenters. The highest BCUT2D eigenvalue weighted by molar-refractivity contribution is 5.77. The zero-order valence-electron chi connectivity index (χ0n) is 8.99. The van der Waals surface area contributed by atoms with E-state index >= 15 is 0 Å². The number of nitrogens with one attached hydrogen (secondary N) is 1. The minimum absolute atomic E-state index is 0.609. The molecule has 1 aliphatic carbocycles. The smallest absolute Gasteiger partial charge is 0.156 e. The number of rotatable bonds is 1. The van der Waals surface area contributed by atoms with Gasteiger partial charge in [0.15, 0.2) is 5.65 Å². The highest BCUT2D eigenvalue weighted by Gasteiger charge is 2.27. The van der Waals surface area contributed by atoms with Gasteiger partial charge in [0.2, 0.25) is 0 Å². The summed E-state index contributed by atoms with van der Waals surface area (Å²) in [6.07, 6.45) is 5.66. The second kappa shape index (κ2) is 3.03. The Kier molecular flexibility index (Phi) is 1.79. The molecule has 15 heavy (non-hydrogen) atoms. The van der Waals surface area contributed by atoms with Crippen LogP contribution in [-0.4, -0.2) is 40.0 Å². The third-order valence-electron chi connectivity index (χ3n) is 3.23. The summed E-state index contributed by atoms with van der Waals surface area (Å²) in [6.45, 7) is 0. The molecular formula is C11H14N4. The summed E-state index contributed by atoms with van der Waals surface area (Å²) in [7, 11) is 4.26.